The number of thioether (sulfide) groups is 1. The van der Waals surface area contributed by atoms with Crippen LogP contribution in [0, 0.1) is 0 Å². The van der Waals surface area contributed by atoms with Crippen LogP contribution in [-0.2, 0) is 0 Å². The highest BCUT2D eigenvalue weighted by Crippen LogP contribution is 2.29. The Kier molecular flexibility index (Phi) is 3.77. The van der Waals surface area contributed by atoms with Crippen LogP contribution in [0.25, 0.3) is 10.6 Å². The van der Waals surface area contributed by atoms with E-state index in [-0.39, 0.29) is 0 Å². The highest BCUT2D eigenvalue weighted by atomic mass is 127. The van der Waals surface area contributed by atoms with Crippen molar-refractivity contribution in [1.82, 2.24) is 10.2 Å². The van der Waals surface area contributed by atoms with Crippen molar-refractivity contribution < 1.29 is 0 Å². The summed E-state index contributed by atoms with van der Waals surface area (Å²) >= 11 is 5.69. The van der Waals surface area contributed by atoms with E-state index in [0.29, 0.717) is 0 Å². The van der Waals surface area contributed by atoms with Crippen molar-refractivity contribution in [2.24, 2.45) is 0 Å². The maximum absolute atomic E-state index is 4.15. The molecule has 72 valence electrons. The molecule has 0 N–H and O–H groups in total. The van der Waals surface area contributed by atoms with Gasteiger partial charge in [-0.2, -0.15) is 0 Å². The molecule has 0 amide bonds. The van der Waals surface area contributed by atoms with E-state index in [9.17, 15) is 0 Å². The predicted octanol–water partition coefficient (Wildman–Crippen LogP) is 3.69. The van der Waals surface area contributed by atoms with Crippen LogP contribution in [0.2, 0.25) is 0 Å². The Balaban J connectivity index is 2.25. The van der Waals surface area contributed by atoms with Crippen molar-refractivity contribution in [2.45, 2.75) is 4.34 Å². The van der Waals surface area contributed by atoms with Gasteiger partial charge in [-0.15, -0.1) is 10.2 Å². The fourth-order valence-corrected chi connectivity index (χ4v) is 3.95. The molecule has 0 fully saturated rings. The third-order valence-electron chi connectivity index (χ3n) is 1.61. The summed E-state index contributed by atoms with van der Waals surface area (Å²) in [5.41, 5.74) is 1.14. The molecule has 14 heavy (non-hydrogen) atoms. The Morgan fingerprint density at radius 3 is 2.71 bits per heavy atom. The number of hydrogen-bond acceptors (Lipinski definition) is 4. The molecule has 1 aromatic heterocycles. The second kappa shape index (κ2) is 5.09. The first kappa shape index (κ1) is 10.4. The largest absolute Gasteiger partial charge is 0.175 e. The van der Waals surface area contributed by atoms with Crippen molar-refractivity contribution in [2.75, 3.05) is 3.76 Å². The zero-order valence-electron chi connectivity index (χ0n) is 7.18. The molecule has 0 aliphatic rings. The lowest BCUT2D eigenvalue weighted by Gasteiger charge is -1.91. The fraction of sp³-hybridized carbons (Fsp3) is 0.111. The van der Waals surface area contributed by atoms with Crippen LogP contribution in [0.15, 0.2) is 34.7 Å². The van der Waals surface area contributed by atoms with E-state index in [0.717, 1.165) is 18.7 Å². The Labute approximate surface area is 104 Å². The van der Waals surface area contributed by atoms with E-state index in [1.165, 1.54) is 0 Å². The van der Waals surface area contributed by atoms with Gasteiger partial charge in [0.1, 0.15) is 5.01 Å². The first-order valence-electron chi connectivity index (χ1n) is 3.98. The van der Waals surface area contributed by atoms with Crippen molar-refractivity contribution in [3.8, 4) is 10.6 Å². The van der Waals surface area contributed by atoms with E-state index in [2.05, 4.69) is 44.9 Å². The third kappa shape index (κ3) is 2.46. The quantitative estimate of drug-likeness (QED) is 0.486. The standard InChI is InChI=1S/C9H7IN2S2/c10-6-13-9-12-11-8(14-9)7-4-2-1-3-5-7/h1-5H,6H2. The fourth-order valence-electron chi connectivity index (χ4n) is 1.01. The molecule has 1 heterocycles. The molecule has 0 saturated carbocycles. The second-order valence-electron chi connectivity index (χ2n) is 2.49. The molecule has 0 spiro atoms. The molecule has 0 atom stereocenters. The Morgan fingerprint density at radius 1 is 1.21 bits per heavy atom. The Morgan fingerprint density at radius 2 is 2.00 bits per heavy atom. The van der Waals surface area contributed by atoms with Gasteiger partial charge in [0.05, 0.1) is 3.76 Å². The van der Waals surface area contributed by atoms with Crippen molar-refractivity contribution in [1.29, 1.82) is 0 Å². The lowest BCUT2D eigenvalue weighted by Crippen LogP contribution is -1.74. The molecule has 0 saturated heterocycles. The molecule has 2 nitrogen and oxygen atoms in total. The second-order valence-corrected chi connectivity index (χ2v) is 6.49. The number of benzene rings is 1. The minimum atomic E-state index is 0.998. The molecular weight excluding hydrogens is 327 g/mol. The number of nitrogens with zero attached hydrogens (tertiary/aromatic N) is 2. The molecule has 0 aliphatic heterocycles. The number of hydrogen-bond donors (Lipinski definition) is 0. The SMILES string of the molecule is ICSc1nnc(-c2ccccc2)s1. The van der Waals surface area contributed by atoms with Crippen LogP contribution < -0.4 is 0 Å². The molecule has 2 rings (SSSR count). The highest BCUT2D eigenvalue weighted by Gasteiger charge is 2.05. The van der Waals surface area contributed by atoms with E-state index in [1.54, 1.807) is 23.1 Å². The van der Waals surface area contributed by atoms with Gasteiger partial charge in [0.15, 0.2) is 4.34 Å². The third-order valence-corrected chi connectivity index (χ3v) is 4.35. The van der Waals surface area contributed by atoms with E-state index >= 15 is 0 Å². The number of aromatic nitrogens is 2. The summed E-state index contributed by atoms with van der Waals surface area (Å²) in [6, 6.07) is 10.1. The smallest absolute Gasteiger partial charge is 0.137 e. The van der Waals surface area contributed by atoms with Crippen LogP contribution in [-0.4, -0.2) is 14.0 Å². The molecular formula is C9H7IN2S2. The summed E-state index contributed by atoms with van der Waals surface area (Å²) in [4.78, 5) is 0. The van der Waals surface area contributed by atoms with Gasteiger partial charge in [0.25, 0.3) is 0 Å². The van der Waals surface area contributed by atoms with Crippen LogP contribution in [0.4, 0.5) is 0 Å². The lowest BCUT2D eigenvalue weighted by atomic mass is 10.2. The monoisotopic (exact) mass is 334 g/mol. The average molecular weight is 334 g/mol. The van der Waals surface area contributed by atoms with Gasteiger partial charge in [-0.1, -0.05) is 76.0 Å². The van der Waals surface area contributed by atoms with Gasteiger partial charge in [-0.3, -0.25) is 0 Å². The first-order chi connectivity index (χ1) is 6.90. The lowest BCUT2D eigenvalue weighted by molar-refractivity contribution is 1.02. The van der Waals surface area contributed by atoms with Crippen LogP contribution in [0.5, 0.6) is 0 Å². The summed E-state index contributed by atoms with van der Waals surface area (Å²) in [7, 11) is 0. The van der Waals surface area contributed by atoms with Gasteiger partial charge in [0, 0.05) is 5.56 Å². The zero-order valence-corrected chi connectivity index (χ0v) is 11.0. The highest BCUT2D eigenvalue weighted by molar-refractivity contribution is 14.1. The van der Waals surface area contributed by atoms with Gasteiger partial charge in [-0.05, 0) is 0 Å². The number of halogens is 1. The van der Waals surface area contributed by atoms with Crippen LogP contribution in [0.1, 0.15) is 0 Å². The maximum Gasteiger partial charge on any atom is 0.175 e. The predicted molar refractivity (Wildman–Crippen MR) is 70.1 cm³/mol. The molecule has 1 aromatic carbocycles. The minimum absolute atomic E-state index is 0.998. The van der Waals surface area contributed by atoms with Crippen molar-refractivity contribution in [3.05, 3.63) is 30.3 Å². The van der Waals surface area contributed by atoms with E-state index in [4.69, 9.17) is 0 Å². The topological polar surface area (TPSA) is 25.8 Å². The molecule has 0 unspecified atom stereocenters. The summed E-state index contributed by atoms with van der Waals surface area (Å²) in [5, 5.41) is 9.26. The molecule has 0 aliphatic carbocycles. The van der Waals surface area contributed by atoms with E-state index in [1.807, 2.05) is 18.2 Å². The van der Waals surface area contributed by atoms with Gasteiger partial charge in [-0.25, -0.2) is 0 Å². The Bertz CT molecular complexity index is 402. The van der Waals surface area contributed by atoms with E-state index < -0.39 is 0 Å². The summed E-state index contributed by atoms with van der Waals surface area (Å²) < 4.78 is 2.06. The van der Waals surface area contributed by atoms with Gasteiger partial charge < -0.3 is 0 Å². The number of rotatable bonds is 3. The van der Waals surface area contributed by atoms with Crippen LogP contribution >= 0.6 is 45.7 Å². The maximum atomic E-state index is 4.15. The zero-order chi connectivity index (χ0) is 9.80. The number of alkyl halides is 1. The minimum Gasteiger partial charge on any atom is -0.137 e. The molecule has 5 heteroatoms. The average Bonchev–Trinajstić information content (AvgIpc) is 2.68. The molecule has 2 aromatic rings. The first-order valence-corrected chi connectivity index (χ1v) is 7.30. The Hall–Kier alpha value is -0.140. The normalized spacial score (nSPS) is 10.4. The van der Waals surface area contributed by atoms with Crippen molar-refractivity contribution >= 4 is 45.7 Å². The summed E-state index contributed by atoms with van der Waals surface area (Å²) in [6.45, 7) is 0. The van der Waals surface area contributed by atoms with Crippen LogP contribution in [0.3, 0.4) is 0 Å². The van der Waals surface area contributed by atoms with Gasteiger partial charge >= 0.3 is 0 Å². The summed E-state index contributed by atoms with van der Waals surface area (Å²) in [6.07, 6.45) is 0. The summed E-state index contributed by atoms with van der Waals surface area (Å²) in [5.74, 6) is 0. The molecule has 0 radical (unpaired) electrons. The van der Waals surface area contributed by atoms with Gasteiger partial charge in [0.2, 0.25) is 0 Å². The molecule has 0 bridgehead atoms. The van der Waals surface area contributed by atoms with Crippen molar-refractivity contribution in [3.63, 3.8) is 0 Å².